The highest BCUT2D eigenvalue weighted by Gasteiger charge is 2.40. The summed E-state index contributed by atoms with van der Waals surface area (Å²) < 4.78 is 27.7. The first-order chi connectivity index (χ1) is 17.1. The number of amides is 2. The Morgan fingerprint density at radius 2 is 1.94 bits per heavy atom. The van der Waals surface area contributed by atoms with Gasteiger partial charge in [0.2, 0.25) is 21.8 Å². The first-order valence-electron chi connectivity index (χ1n) is 11.8. The van der Waals surface area contributed by atoms with Gasteiger partial charge < -0.3 is 15.7 Å². The minimum Gasteiger partial charge on any atom is -0.478 e. The molecule has 1 heterocycles. The van der Waals surface area contributed by atoms with Gasteiger partial charge in [-0.15, -0.1) is 0 Å². The lowest BCUT2D eigenvalue weighted by Gasteiger charge is -2.34. The highest BCUT2D eigenvalue weighted by Crippen LogP contribution is 2.31. The van der Waals surface area contributed by atoms with Crippen molar-refractivity contribution in [2.24, 2.45) is 0 Å². The second-order valence-electron chi connectivity index (χ2n) is 9.08. The summed E-state index contributed by atoms with van der Waals surface area (Å²) in [6, 6.07) is 10.6. The van der Waals surface area contributed by atoms with Crippen LogP contribution in [0.2, 0.25) is 0 Å². The Bertz CT molecular complexity index is 1300. The molecule has 1 fully saturated rings. The Labute approximate surface area is 210 Å². The summed E-state index contributed by atoms with van der Waals surface area (Å²) in [4.78, 5) is 36.6. The molecule has 0 saturated carbocycles. The number of sulfonamides is 1. The monoisotopic (exact) mass is 511 g/mol. The lowest BCUT2D eigenvalue weighted by atomic mass is 9.86. The van der Waals surface area contributed by atoms with Crippen LogP contribution in [0.25, 0.3) is 6.08 Å². The molecule has 9 nitrogen and oxygen atoms in total. The molecule has 2 aromatic carbocycles. The zero-order valence-electron chi connectivity index (χ0n) is 19.9. The van der Waals surface area contributed by atoms with Crippen molar-refractivity contribution in [3.8, 4) is 0 Å². The maximum absolute atomic E-state index is 13.3. The van der Waals surface area contributed by atoms with Crippen molar-refractivity contribution in [2.75, 3.05) is 13.1 Å². The third-order valence-corrected chi connectivity index (χ3v) is 8.45. The summed E-state index contributed by atoms with van der Waals surface area (Å²) in [6.07, 6.45) is 4.67. The second kappa shape index (κ2) is 10.6. The zero-order valence-corrected chi connectivity index (χ0v) is 20.8. The van der Waals surface area contributed by atoms with Gasteiger partial charge in [-0.2, -0.15) is 4.31 Å². The van der Waals surface area contributed by atoms with Gasteiger partial charge in [-0.05, 0) is 61.1 Å². The number of nitrogens with one attached hydrogen (secondary N) is 2. The van der Waals surface area contributed by atoms with E-state index in [1.807, 2.05) is 19.1 Å². The molecule has 10 heteroatoms. The smallest absolute Gasteiger partial charge is 0.328 e. The van der Waals surface area contributed by atoms with E-state index in [1.54, 1.807) is 18.2 Å². The van der Waals surface area contributed by atoms with Crippen LogP contribution in [-0.2, 0) is 30.8 Å². The maximum Gasteiger partial charge on any atom is 0.328 e. The molecule has 1 aliphatic heterocycles. The molecule has 1 saturated heterocycles. The summed E-state index contributed by atoms with van der Waals surface area (Å²) >= 11 is 0. The van der Waals surface area contributed by atoms with Crippen molar-refractivity contribution in [3.05, 3.63) is 70.8 Å². The number of carboxylic acids is 1. The Kier molecular flexibility index (Phi) is 7.56. The number of carbonyl (C=O) groups excluding carboxylic acids is 2. The van der Waals surface area contributed by atoms with Crippen molar-refractivity contribution in [1.29, 1.82) is 0 Å². The van der Waals surface area contributed by atoms with E-state index < -0.39 is 33.8 Å². The van der Waals surface area contributed by atoms with Crippen LogP contribution in [0.3, 0.4) is 0 Å². The van der Waals surface area contributed by atoms with E-state index in [-0.39, 0.29) is 30.4 Å². The van der Waals surface area contributed by atoms with E-state index in [2.05, 4.69) is 10.6 Å². The molecule has 4 rings (SSSR count). The van der Waals surface area contributed by atoms with Crippen LogP contribution in [0.15, 0.2) is 53.4 Å². The highest BCUT2D eigenvalue weighted by molar-refractivity contribution is 7.89. The fourth-order valence-electron chi connectivity index (χ4n) is 4.71. The molecule has 0 unspecified atom stereocenters. The lowest BCUT2D eigenvalue weighted by Crippen LogP contribution is -2.58. The topological polar surface area (TPSA) is 133 Å². The largest absolute Gasteiger partial charge is 0.478 e. The first-order valence-corrected chi connectivity index (χ1v) is 13.3. The van der Waals surface area contributed by atoms with E-state index in [9.17, 15) is 22.8 Å². The average Bonchev–Trinajstić information content (AvgIpc) is 2.84. The Morgan fingerprint density at radius 3 is 2.67 bits per heavy atom. The molecule has 0 aromatic heterocycles. The normalized spacial score (nSPS) is 20.5. The SMILES string of the molecule is Cc1ccc(S(=O)(=O)N2CCNC(=O)[C@H]2CC(=O)N[C@@H]2CCCc3cc(C=CC(=O)O)ccc32)cc1. The number of rotatable bonds is 7. The minimum atomic E-state index is -3.96. The van der Waals surface area contributed by atoms with Crippen molar-refractivity contribution >= 4 is 33.9 Å². The van der Waals surface area contributed by atoms with Crippen LogP contribution in [0.4, 0.5) is 0 Å². The predicted molar refractivity (Wildman–Crippen MR) is 133 cm³/mol. The van der Waals surface area contributed by atoms with Gasteiger partial charge in [0, 0.05) is 19.2 Å². The summed E-state index contributed by atoms with van der Waals surface area (Å²) in [5, 5.41) is 14.5. The summed E-state index contributed by atoms with van der Waals surface area (Å²) in [5.41, 5.74) is 3.65. The van der Waals surface area contributed by atoms with Gasteiger partial charge in [0.25, 0.3) is 0 Å². The number of hydrogen-bond donors (Lipinski definition) is 3. The number of hydrogen-bond acceptors (Lipinski definition) is 5. The minimum absolute atomic E-state index is 0.0821. The van der Waals surface area contributed by atoms with Crippen LogP contribution in [-0.4, -0.2) is 54.7 Å². The molecular formula is C26H29N3O6S. The quantitative estimate of drug-likeness (QED) is 0.488. The summed E-state index contributed by atoms with van der Waals surface area (Å²) in [5.74, 6) is -1.93. The number of carboxylic acid groups (broad SMARTS) is 1. The fourth-order valence-corrected chi connectivity index (χ4v) is 6.29. The number of piperazine rings is 1. The highest BCUT2D eigenvalue weighted by atomic mass is 32.2. The number of benzene rings is 2. The Hall–Kier alpha value is -3.50. The Balaban J connectivity index is 1.50. The predicted octanol–water partition coefficient (Wildman–Crippen LogP) is 2.17. The molecule has 0 radical (unpaired) electrons. The summed E-state index contributed by atoms with van der Waals surface area (Å²) in [7, 11) is -3.96. The van der Waals surface area contributed by atoms with Gasteiger partial charge in [-0.25, -0.2) is 13.2 Å². The molecule has 2 atom stereocenters. The van der Waals surface area contributed by atoms with Crippen LogP contribution in [0, 0.1) is 6.92 Å². The van der Waals surface area contributed by atoms with Gasteiger partial charge in [0.15, 0.2) is 0 Å². The number of aryl methyl sites for hydroxylation is 2. The molecule has 36 heavy (non-hydrogen) atoms. The maximum atomic E-state index is 13.3. The van der Waals surface area contributed by atoms with Gasteiger partial charge >= 0.3 is 5.97 Å². The van der Waals surface area contributed by atoms with Crippen molar-refractivity contribution in [2.45, 2.75) is 49.6 Å². The van der Waals surface area contributed by atoms with Crippen molar-refractivity contribution in [3.63, 3.8) is 0 Å². The van der Waals surface area contributed by atoms with Crippen molar-refractivity contribution in [1.82, 2.24) is 14.9 Å². The number of nitrogens with zero attached hydrogens (tertiary/aromatic N) is 1. The third-order valence-electron chi connectivity index (χ3n) is 6.52. The molecule has 2 amide bonds. The molecule has 190 valence electrons. The van der Waals surface area contributed by atoms with Crippen LogP contribution in [0.5, 0.6) is 0 Å². The van der Waals surface area contributed by atoms with Crippen LogP contribution in [0.1, 0.15) is 47.6 Å². The molecule has 1 aliphatic carbocycles. The van der Waals surface area contributed by atoms with Crippen LogP contribution < -0.4 is 10.6 Å². The molecule has 2 aliphatic rings. The molecule has 2 aromatic rings. The number of carbonyl (C=O) groups is 3. The standard InChI is InChI=1S/C26H29N3O6S/c1-17-5-9-20(10-6-17)36(34,35)29-14-13-27-26(33)23(29)16-24(30)28-22-4-2-3-19-15-18(7-11-21(19)22)8-12-25(31)32/h5-12,15,22-23H,2-4,13-14,16H2,1H3,(H,27,33)(H,28,30)(H,31,32)/t22-,23-/m1/s1. The molecule has 3 N–H and O–H groups in total. The fraction of sp³-hybridized carbons (Fsp3) is 0.346. The van der Waals surface area contributed by atoms with Gasteiger partial charge in [-0.1, -0.05) is 35.9 Å². The Morgan fingerprint density at radius 1 is 1.19 bits per heavy atom. The average molecular weight is 512 g/mol. The van der Waals surface area contributed by atoms with Gasteiger partial charge in [-0.3, -0.25) is 9.59 Å². The molecule has 0 bridgehead atoms. The van der Waals surface area contributed by atoms with E-state index in [0.717, 1.165) is 45.5 Å². The second-order valence-corrected chi connectivity index (χ2v) is 11.0. The lowest BCUT2D eigenvalue weighted by molar-refractivity contribution is -0.132. The van der Waals surface area contributed by atoms with Gasteiger partial charge in [0.05, 0.1) is 17.4 Å². The molecular weight excluding hydrogens is 482 g/mol. The van der Waals surface area contributed by atoms with Crippen LogP contribution >= 0.6 is 0 Å². The zero-order chi connectivity index (χ0) is 25.9. The molecule has 0 spiro atoms. The van der Waals surface area contributed by atoms with E-state index in [4.69, 9.17) is 5.11 Å². The van der Waals surface area contributed by atoms with Gasteiger partial charge in [0.1, 0.15) is 6.04 Å². The van der Waals surface area contributed by atoms with E-state index >= 15 is 0 Å². The number of aliphatic carboxylic acids is 1. The number of fused-ring (bicyclic) bond motifs is 1. The third kappa shape index (κ3) is 5.66. The summed E-state index contributed by atoms with van der Waals surface area (Å²) in [6.45, 7) is 2.12. The van der Waals surface area contributed by atoms with Crippen molar-refractivity contribution < 1.29 is 27.9 Å². The first kappa shape index (κ1) is 25.6. The van der Waals surface area contributed by atoms with E-state index in [0.29, 0.717) is 6.42 Å². The van der Waals surface area contributed by atoms with E-state index in [1.165, 1.54) is 18.2 Å².